The van der Waals surface area contributed by atoms with Crippen LogP contribution in [0, 0.1) is 5.41 Å². The third-order valence-electron chi connectivity index (χ3n) is 8.78. The van der Waals surface area contributed by atoms with E-state index < -0.39 is 0 Å². The molecule has 36 heavy (non-hydrogen) atoms. The summed E-state index contributed by atoms with van der Waals surface area (Å²) < 4.78 is 7.80. The summed E-state index contributed by atoms with van der Waals surface area (Å²) in [4.78, 5) is 17.0. The molecular weight excluding hydrogens is 452 g/mol. The van der Waals surface area contributed by atoms with Gasteiger partial charge in [0.2, 0.25) is 5.95 Å². The molecule has 0 atom stereocenters. The third kappa shape index (κ3) is 3.80. The Labute approximate surface area is 211 Å². The SMILES string of the molecule is Nc1nc(Nc2ccc(N3CC4(COC4)C3)cc2)nc2c1nc(C1CCC(N)CC1)n2C1CCCC1. The zero-order valence-corrected chi connectivity index (χ0v) is 20.8. The van der Waals surface area contributed by atoms with Crippen molar-refractivity contribution in [2.45, 2.75) is 69.4 Å². The van der Waals surface area contributed by atoms with Crippen LogP contribution in [0.4, 0.5) is 23.1 Å². The summed E-state index contributed by atoms with van der Waals surface area (Å²) in [7, 11) is 0. The molecule has 7 rings (SSSR count). The topological polar surface area (TPSA) is 120 Å². The van der Waals surface area contributed by atoms with E-state index in [1.165, 1.54) is 31.4 Å². The Morgan fingerprint density at radius 3 is 2.31 bits per heavy atom. The zero-order chi connectivity index (χ0) is 24.3. The van der Waals surface area contributed by atoms with Crippen LogP contribution < -0.4 is 21.7 Å². The van der Waals surface area contributed by atoms with Crippen molar-refractivity contribution in [2.75, 3.05) is 42.3 Å². The average molecular weight is 489 g/mol. The second-order valence-electron chi connectivity index (χ2n) is 11.5. The first-order valence-electron chi connectivity index (χ1n) is 13.6. The Balaban J connectivity index is 1.17. The van der Waals surface area contributed by atoms with Crippen LogP contribution in [0.25, 0.3) is 11.2 Å². The Morgan fingerprint density at radius 1 is 0.917 bits per heavy atom. The predicted octanol–water partition coefficient (Wildman–Crippen LogP) is 4.09. The predicted molar refractivity (Wildman–Crippen MR) is 142 cm³/mol. The van der Waals surface area contributed by atoms with Gasteiger partial charge >= 0.3 is 0 Å². The van der Waals surface area contributed by atoms with Gasteiger partial charge in [0, 0.05) is 42.5 Å². The van der Waals surface area contributed by atoms with Gasteiger partial charge in [-0.1, -0.05) is 12.8 Å². The summed E-state index contributed by atoms with van der Waals surface area (Å²) in [5.74, 6) is 2.52. The van der Waals surface area contributed by atoms with Gasteiger partial charge in [0.15, 0.2) is 17.0 Å². The fourth-order valence-corrected chi connectivity index (χ4v) is 6.66. The lowest BCUT2D eigenvalue weighted by molar-refractivity contribution is -0.127. The van der Waals surface area contributed by atoms with Crippen LogP contribution in [0.2, 0.25) is 0 Å². The largest absolute Gasteiger partial charge is 0.382 e. The number of nitrogen functional groups attached to an aromatic ring is 1. The van der Waals surface area contributed by atoms with E-state index in [9.17, 15) is 0 Å². The molecule has 2 aliphatic carbocycles. The van der Waals surface area contributed by atoms with Gasteiger partial charge in [-0.25, -0.2) is 4.98 Å². The van der Waals surface area contributed by atoms with Gasteiger partial charge in [0.05, 0.1) is 18.6 Å². The lowest BCUT2D eigenvalue weighted by atomic mass is 9.78. The molecule has 5 N–H and O–H groups in total. The highest BCUT2D eigenvalue weighted by Gasteiger charge is 2.49. The maximum absolute atomic E-state index is 6.47. The highest BCUT2D eigenvalue weighted by atomic mass is 16.5. The lowest BCUT2D eigenvalue weighted by Crippen LogP contribution is -2.66. The molecule has 0 unspecified atom stereocenters. The number of rotatable bonds is 5. The van der Waals surface area contributed by atoms with E-state index in [1.807, 2.05) is 0 Å². The molecule has 3 aromatic rings. The fraction of sp³-hybridized carbons (Fsp3) is 0.593. The molecule has 0 bridgehead atoms. The smallest absolute Gasteiger partial charge is 0.231 e. The second-order valence-corrected chi connectivity index (χ2v) is 11.5. The number of ether oxygens (including phenoxy) is 1. The number of nitrogens with two attached hydrogens (primary N) is 2. The number of fused-ring (bicyclic) bond motifs is 1. The molecule has 0 amide bonds. The number of nitrogens with one attached hydrogen (secondary N) is 1. The van der Waals surface area contributed by atoms with E-state index in [0.717, 1.165) is 74.7 Å². The first-order valence-corrected chi connectivity index (χ1v) is 13.6. The van der Waals surface area contributed by atoms with Crippen molar-refractivity contribution in [3.05, 3.63) is 30.1 Å². The molecule has 1 aromatic carbocycles. The number of hydrogen-bond donors (Lipinski definition) is 3. The van der Waals surface area contributed by atoms with Crippen molar-refractivity contribution in [1.29, 1.82) is 0 Å². The van der Waals surface area contributed by atoms with Crippen molar-refractivity contribution >= 4 is 34.3 Å². The van der Waals surface area contributed by atoms with E-state index in [4.69, 9.17) is 26.2 Å². The molecule has 4 aliphatic rings. The van der Waals surface area contributed by atoms with E-state index >= 15 is 0 Å². The monoisotopic (exact) mass is 488 g/mol. The number of benzene rings is 1. The normalized spacial score (nSPS) is 25.8. The molecule has 2 aliphatic heterocycles. The van der Waals surface area contributed by atoms with Gasteiger partial charge < -0.3 is 31.0 Å². The molecule has 2 saturated carbocycles. The van der Waals surface area contributed by atoms with Crippen LogP contribution >= 0.6 is 0 Å². The lowest BCUT2D eigenvalue weighted by Gasteiger charge is -2.56. The van der Waals surface area contributed by atoms with Crippen LogP contribution in [-0.4, -0.2) is 51.9 Å². The van der Waals surface area contributed by atoms with Gasteiger partial charge in [-0.3, -0.25) is 0 Å². The van der Waals surface area contributed by atoms with Crippen molar-refractivity contribution in [2.24, 2.45) is 11.1 Å². The van der Waals surface area contributed by atoms with Crippen LogP contribution in [0.1, 0.15) is 69.2 Å². The molecule has 9 nitrogen and oxygen atoms in total. The number of imidazole rings is 1. The maximum Gasteiger partial charge on any atom is 0.231 e. The Morgan fingerprint density at radius 2 is 1.64 bits per heavy atom. The van der Waals surface area contributed by atoms with Gasteiger partial charge in [-0.2, -0.15) is 9.97 Å². The molecular formula is C27H36N8O. The average Bonchev–Trinajstić information content (AvgIpc) is 3.47. The van der Waals surface area contributed by atoms with Crippen LogP contribution in [0.15, 0.2) is 24.3 Å². The standard InChI is InChI=1S/C27H36N8O/c28-18-7-5-17(6-8-18)24-31-22-23(29)32-26(33-25(22)35(24)21-3-1-2-4-21)30-19-9-11-20(12-10-19)34-13-27(14-34)15-36-16-27/h9-12,17-18,21H,1-8,13-16,28H2,(H3,29,30,32,33). The van der Waals surface area contributed by atoms with E-state index in [2.05, 4.69) is 44.0 Å². The molecule has 4 heterocycles. The summed E-state index contributed by atoms with van der Waals surface area (Å²) >= 11 is 0. The number of anilines is 4. The van der Waals surface area contributed by atoms with Crippen LogP contribution in [0.3, 0.4) is 0 Å². The molecule has 0 radical (unpaired) electrons. The summed E-state index contributed by atoms with van der Waals surface area (Å²) in [5, 5.41) is 3.39. The Kier molecular flexibility index (Phi) is 5.32. The zero-order valence-electron chi connectivity index (χ0n) is 20.8. The number of hydrogen-bond acceptors (Lipinski definition) is 8. The van der Waals surface area contributed by atoms with Crippen LogP contribution in [-0.2, 0) is 4.74 Å². The van der Waals surface area contributed by atoms with Crippen LogP contribution in [0.5, 0.6) is 0 Å². The van der Waals surface area contributed by atoms with Crippen molar-refractivity contribution < 1.29 is 4.74 Å². The molecule has 1 spiro atoms. The van der Waals surface area contributed by atoms with Crippen molar-refractivity contribution in [3.8, 4) is 0 Å². The van der Waals surface area contributed by atoms with Gasteiger partial charge in [-0.15, -0.1) is 0 Å². The fourth-order valence-electron chi connectivity index (χ4n) is 6.66. The Bertz CT molecular complexity index is 1250. The minimum absolute atomic E-state index is 0.312. The minimum atomic E-state index is 0.312. The van der Waals surface area contributed by atoms with Gasteiger partial charge in [0.1, 0.15) is 5.82 Å². The Hall–Kier alpha value is -2.91. The summed E-state index contributed by atoms with van der Waals surface area (Å²) in [6, 6.07) is 9.24. The molecule has 190 valence electrons. The van der Waals surface area contributed by atoms with Gasteiger partial charge in [0.25, 0.3) is 0 Å². The first-order chi connectivity index (χ1) is 17.6. The van der Waals surface area contributed by atoms with E-state index in [1.54, 1.807) is 0 Å². The first kappa shape index (κ1) is 22.3. The second kappa shape index (κ2) is 8.59. The highest BCUT2D eigenvalue weighted by Crippen LogP contribution is 2.41. The number of nitrogens with zero attached hydrogens (tertiary/aromatic N) is 5. The molecule has 2 saturated heterocycles. The van der Waals surface area contributed by atoms with Crippen molar-refractivity contribution in [1.82, 2.24) is 19.5 Å². The summed E-state index contributed by atoms with van der Waals surface area (Å²) in [6.07, 6.45) is 9.10. The van der Waals surface area contributed by atoms with E-state index in [-0.39, 0.29) is 0 Å². The molecule has 4 fully saturated rings. The highest BCUT2D eigenvalue weighted by molar-refractivity contribution is 5.84. The maximum atomic E-state index is 6.47. The van der Waals surface area contributed by atoms with E-state index in [0.29, 0.717) is 35.2 Å². The van der Waals surface area contributed by atoms with Gasteiger partial charge in [-0.05, 0) is 62.8 Å². The van der Waals surface area contributed by atoms with Crippen molar-refractivity contribution in [3.63, 3.8) is 0 Å². The third-order valence-corrected chi connectivity index (χ3v) is 8.78. The minimum Gasteiger partial charge on any atom is -0.382 e. The molecule has 9 heteroatoms. The summed E-state index contributed by atoms with van der Waals surface area (Å²) in [5.41, 5.74) is 16.9. The summed E-state index contributed by atoms with van der Waals surface area (Å²) in [6.45, 7) is 3.96. The number of aromatic nitrogens is 4. The quantitative estimate of drug-likeness (QED) is 0.491. The molecule has 2 aromatic heterocycles.